The zero-order valence-electron chi connectivity index (χ0n) is 12.1. The van der Waals surface area contributed by atoms with Crippen molar-refractivity contribution in [1.29, 1.82) is 0 Å². The minimum Gasteiger partial charge on any atom is -0.334 e. The Labute approximate surface area is 138 Å². The van der Waals surface area contributed by atoms with Crippen LogP contribution < -0.4 is 10.6 Å². The van der Waals surface area contributed by atoms with Gasteiger partial charge in [-0.2, -0.15) is 5.10 Å². The summed E-state index contributed by atoms with van der Waals surface area (Å²) in [5.74, 6) is 0.678. The first-order chi connectivity index (χ1) is 11.2. The van der Waals surface area contributed by atoms with Crippen LogP contribution >= 0.6 is 11.6 Å². The van der Waals surface area contributed by atoms with Crippen LogP contribution in [-0.2, 0) is 6.54 Å². The fraction of sp³-hybridized carbons (Fsp3) is 0.0625. The number of amides is 2. The number of nitrogens with zero attached hydrogens (tertiary/aromatic N) is 3. The van der Waals surface area contributed by atoms with E-state index >= 15 is 0 Å². The Kier molecular flexibility index (Phi) is 4.54. The van der Waals surface area contributed by atoms with Crippen molar-refractivity contribution < 1.29 is 4.79 Å². The second-order valence-corrected chi connectivity index (χ2v) is 5.16. The van der Waals surface area contributed by atoms with E-state index in [-0.39, 0.29) is 6.03 Å². The van der Waals surface area contributed by atoms with E-state index in [9.17, 15) is 4.79 Å². The van der Waals surface area contributed by atoms with E-state index in [1.165, 1.54) is 0 Å². The van der Waals surface area contributed by atoms with Crippen LogP contribution in [0.1, 0.15) is 5.56 Å². The number of halogens is 1. The average molecular weight is 328 g/mol. The van der Waals surface area contributed by atoms with E-state index < -0.39 is 0 Å². The molecule has 116 valence electrons. The fourth-order valence-electron chi connectivity index (χ4n) is 1.99. The highest BCUT2D eigenvalue weighted by molar-refractivity contribution is 6.31. The van der Waals surface area contributed by atoms with Gasteiger partial charge in [-0.1, -0.05) is 29.8 Å². The molecule has 0 spiro atoms. The molecule has 3 rings (SSSR count). The molecule has 0 saturated heterocycles. The minimum atomic E-state index is -0.321. The maximum Gasteiger partial charge on any atom is 0.319 e. The average Bonchev–Trinajstić information content (AvgIpc) is 3.09. The largest absolute Gasteiger partial charge is 0.334 e. The Hall–Kier alpha value is -2.86. The number of pyridine rings is 1. The van der Waals surface area contributed by atoms with Crippen molar-refractivity contribution in [3.63, 3.8) is 0 Å². The Morgan fingerprint density at radius 1 is 1.17 bits per heavy atom. The van der Waals surface area contributed by atoms with Gasteiger partial charge in [0.05, 0.1) is 11.9 Å². The lowest BCUT2D eigenvalue weighted by Crippen LogP contribution is -2.28. The summed E-state index contributed by atoms with van der Waals surface area (Å²) >= 11 is 6.04. The lowest BCUT2D eigenvalue weighted by Gasteiger charge is -2.09. The predicted octanol–water partition coefficient (Wildman–Crippen LogP) is 3.24. The normalized spacial score (nSPS) is 10.3. The molecule has 23 heavy (non-hydrogen) atoms. The number of nitrogens with one attached hydrogen (secondary N) is 2. The van der Waals surface area contributed by atoms with Gasteiger partial charge in [0.15, 0.2) is 5.82 Å². The molecule has 7 heteroatoms. The molecule has 1 aromatic carbocycles. The van der Waals surface area contributed by atoms with E-state index in [0.29, 0.717) is 23.1 Å². The Morgan fingerprint density at radius 2 is 2.04 bits per heavy atom. The van der Waals surface area contributed by atoms with Gasteiger partial charge in [0.2, 0.25) is 0 Å². The zero-order chi connectivity index (χ0) is 16.1. The first-order valence-corrected chi connectivity index (χ1v) is 7.34. The number of carbonyl (C=O) groups is 1. The maximum atomic E-state index is 11.9. The van der Waals surface area contributed by atoms with Crippen molar-refractivity contribution in [3.05, 3.63) is 71.6 Å². The molecule has 0 aliphatic rings. The van der Waals surface area contributed by atoms with Crippen LogP contribution in [0.4, 0.5) is 10.5 Å². The van der Waals surface area contributed by atoms with Gasteiger partial charge in [-0.25, -0.2) is 14.5 Å². The third kappa shape index (κ3) is 3.87. The van der Waals surface area contributed by atoms with Gasteiger partial charge in [0.25, 0.3) is 0 Å². The van der Waals surface area contributed by atoms with E-state index in [1.54, 1.807) is 41.5 Å². The third-order valence-corrected chi connectivity index (χ3v) is 3.51. The Morgan fingerprint density at radius 3 is 2.74 bits per heavy atom. The number of urea groups is 1. The van der Waals surface area contributed by atoms with Crippen LogP contribution in [0.5, 0.6) is 0 Å². The number of hydrogen-bond donors (Lipinski definition) is 2. The quantitative estimate of drug-likeness (QED) is 0.772. The summed E-state index contributed by atoms with van der Waals surface area (Å²) in [5.41, 5.74) is 1.45. The molecule has 0 aliphatic heterocycles. The van der Waals surface area contributed by atoms with Gasteiger partial charge in [0.1, 0.15) is 0 Å². The summed E-state index contributed by atoms with van der Waals surface area (Å²) in [6.45, 7) is 0.351. The molecule has 0 aliphatic carbocycles. The van der Waals surface area contributed by atoms with Crippen molar-refractivity contribution in [2.75, 3.05) is 5.32 Å². The second kappa shape index (κ2) is 6.93. The Balaban J connectivity index is 1.57. The molecule has 0 bridgehead atoms. The number of hydrogen-bond acceptors (Lipinski definition) is 3. The van der Waals surface area contributed by atoms with Crippen LogP contribution in [-0.4, -0.2) is 20.8 Å². The number of anilines is 1. The van der Waals surface area contributed by atoms with Crippen molar-refractivity contribution in [1.82, 2.24) is 20.1 Å². The van der Waals surface area contributed by atoms with E-state index in [4.69, 9.17) is 11.6 Å². The molecule has 2 N–H and O–H groups in total. The van der Waals surface area contributed by atoms with Crippen molar-refractivity contribution in [3.8, 4) is 5.82 Å². The molecular formula is C16H14ClN5O. The van der Waals surface area contributed by atoms with Gasteiger partial charge < -0.3 is 10.6 Å². The van der Waals surface area contributed by atoms with E-state index in [0.717, 1.165) is 5.56 Å². The lowest BCUT2D eigenvalue weighted by atomic mass is 10.2. The van der Waals surface area contributed by atoms with Gasteiger partial charge in [-0.15, -0.1) is 0 Å². The predicted molar refractivity (Wildman–Crippen MR) is 88.7 cm³/mol. The Bertz CT molecular complexity index is 786. The standard InChI is InChI=1S/C16H14ClN5O/c17-14-5-2-1-4-12(14)10-19-16(23)21-13-6-7-15(18-11-13)22-9-3-8-20-22/h1-9,11H,10H2,(H2,19,21,23). The molecular weight excluding hydrogens is 314 g/mol. The molecule has 0 unspecified atom stereocenters. The summed E-state index contributed by atoms with van der Waals surface area (Å²) < 4.78 is 1.64. The first-order valence-electron chi connectivity index (χ1n) is 6.97. The lowest BCUT2D eigenvalue weighted by molar-refractivity contribution is 0.251. The molecule has 3 aromatic rings. The number of carbonyl (C=O) groups excluding carboxylic acids is 1. The van der Waals surface area contributed by atoms with Gasteiger partial charge in [0, 0.05) is 24.0 Å². The molecule has 0 fully saturated rings. The first kappa shape index (κ1) is 15.1. The summed E-state index contributed by atoms with van der Waals surface area (Å²) in [6, 6.07) is 12.4. The van der Waals surface area contributed by atoms with Gasteiger partial charge >= 0.3 is 6.03 Å². The van der Waals surface area contributed by atoms with Crippen molar-refractivity contribution in [2.45, 2.75) is 6.54 Å². The third-order valence-electron chi connectivity index (χ3n) is 3.14. The molecule has 6 nitrogen and oxygen atoms in total. The minimum absolute atomic E-state index is 0.321. The SMILES string of the molecule is O=C(NCc1ccccc1Cl)Nc1ccc(-n2cccn2)nc1. The van der Waals surface area contributed by atoms with Crippen LogP contribution in [0.3, 0.4) is 0 Å². The summed E-state index contributed by atoms with van der Waals surface area (Å²) in [4.78, 5) is 16.1. The highest BCUT2D eigenvalue weighted by Crippen LogP contribution is 2.14. The summed E-state index contributed by atoms with van der Waals surface area (Å²) in [7, 11) is 0. The zero-order valence-corrected chi connectivity index (χ0v) is 12.9. The summed E-state index contributed by atoms with van der Waals surface area (Å²) in [6.07, 6.45) is 5.05. The maximum absolute atomic E-state index is 11.9. The van der Waals surface area contributed by atoms with Crippen LogP contribution in [0.2, 0.25) is 5.02 Å². The highest BCUT2D eigenvalue weighted by Gasteiger charge is 2.05. The van der Waals surface area contributed by atoms with Gasteiger partial charge in [-0.05, 0) is 29.8 Å². The van der Waals surface area contributed by atoms with Crippen molar-refractivity contribution >= 4 is 23.3 Å². The van der Waals surface area contributed by atoms with E-state index in [2.05, 4.69) is 20.7 Å². The number of rotatable bonds is 4. The number of benzene rings is 1. The molecule has 2 amide bonds. The molecule has 0 radical (unpaired) electrons. The monoisotopic (exact) mass is 327 g/mol. The van der Waals surface area contributed by atoms with Crippen LogP contribution in [0.25, 0.3) is 5.82 Å². The van der Waals surface area contributed by atoms with Gasteiger partial charge in [-0.3, -0.25) is 0 Å². The molecule has 0 saturated carbocycles. The smallest absolute Gasteiger partial charge is 0.319 e. The van der Waals surface area contributed by atoms with Crippen LogP contribution in [0, 0.1) is 0 Å². The summed E-state index contributed by atoms with van der Waals surface area (Å²) in [5, 5.41) is 10.2. The molecule has 2 heterocycles. The fourth-order valence-corrected chi connectivity index (χ4v) is 2.19. The topological polar surface area (TPSA) is 71.8 Å². The second-order valence-electron chi connectivity index (χ2n) is 4.75. The van der Waals surface area contributed by atoms with E-state index in [1.807, 2.05) is 24.3 Å². The molecule has 2 aromatic heterocycles. The van der Waals surface area contributed by atoms with Crippen molar-refractivity contribution in [2.24, 2.45) is 0 Å². The number of aromatic nitrogens is 3. The van der Waals surface area contributed by atoms with Crippen LogP contribution in [0.15, 0.2) is 61.1 Å². The highest BCUT2D eigenvalue weighted by atomic mass is 35.5. The molecule has 0 atom stereocenters.